The second kappa shape index (κ2) is 13.0. The van der Waals surface area contributed by atoms with Crippen LogP contribution >= 0.6 is 24.0 Å². The lowest BCUT2D eigenvalue weighted by molar-refractivity contribution is 0.185. The van der Waals surface area contributed by atoms with Gasteiger partial charge in [-0.25, -0.2) is 0 Å². The van der Waals surface area contributed by atoms with E-state index in [0.717, 1.165) is 37.5 Å². The molecular weight excluding hydrogens is 433 g/mol. The van der Waals surface area contributed by atoms with Gasteiger partial charge in [0, 0.05) is 26.2 Å². The summed E-state index contributed by atoms with van der Waals surface area (Å²) in [6, 6.07) is 5.38. The molecule has 2 N–H and O–H groups in total. The largest absolute Gasteiger partial charge is 0.497 e. The van der Waals surface area contributed by atoms with Gasteiger partial charge in [-0.2, -0.15) is 0 Å². The lowest BCUT2D eigenvalue weighted by Gasteiger charge is -2.22. The first kappa shape index (κ1) is 23.8. The first-order valence-corrected chi connectivity index (χ1v) is 8.46. The monoisotopic (exact) mass is 465 g/mol. The predicted octanol–water partition coefficient (Wildman–Crippen LogP) is 3.05. The highest BCUT2D eigenvalue weighted by Gasteiger charge is 2.12. The Balaban J connectivity index is 0.00000576. The molecular formula is C18H32IN3O3. The highest BCUT2D eigenvalue weighted by atomic mass is 127. The molecule has 0 heterocycles. The number of guanidine groups is 1. The molecule has 0 aromatic heterocycles. The van der Waals surface area contributed by atoms with Crippen LogP contribution in [0.2, 0.25) is 0 Å². The number of aliphatic hydroxyl groups excluding tert-OH is 1. The van der Waals surface area contributed by atoms with Gasteiger partial charge in [0.15, 0.2) is 5.96 Å². The number of ether oxygens (including phenoxy) is 2. The van der Waals surface area contributed by atoms with Crippen molar-refractivity contribution in [2.75, 3.05) is 40.9 Å². The van der Waals surface area contributed by atoms with Gasteiger partial charge < -0.3 is 24.8 Å². The Labute approximate surface area is 168 Å². The molecule has 0 aliphatic carbocycles. The molecule has 1 aromatic rings. The number of methoxy groups -OCH3 is 2. The Morgan fingerprint density at radius 3 is 2.28 bits per heavy atom. The SMILES string of the molecule is CCCCN(C)C(=NCC(O)c1cc(OC)cc(OC)c1)NCC.I. The van der Waals surface area contributed by atoms with Crippen LogP contribution in [0.25, 0.3) is 0 Å². The van der Waals surface area contributed by atoms with E-state index in [2.05, 4.69) is 22.1 Å². The summed E-state index contributed by atoms with van der Waals surface area (Å²) in [5.74, 6) is 2.11. The Kier molecular flexibility index (Phi) is 12.4. The molecule has 25 heavy (non-hydrogen) atoms. The third-order valence-corrected chi connectivity index (χ3v) is 3.72. The van der Waals surface area contributed by atoms with E-state index < -0.39 is 6.10 Å². The van der Waals surface area contributed by atoms with Crippen LogP contribution in [0.4, 0.5) is 0 Å². The molecule has 7 heteroatoms. The summed E-state index contributed by atoms with van der Waals surface area (Å²) in [6.07, 6.45) is 1.52. The van der Waals surface area contributed by atoms with Crippen molar-refractivity contribution in [3.8, 4) is 11.5 Å². The number of hydrogen-bond donors (Lipinski definition) is 2. The first-order chi connectivity index (χ1) is 11.5. The number of nitrogens with zero attached hydrogens (tertiary/aromatic N) is 2. The van der Waals surface area contributed by atoms with Crippen LogP contribution in [0.3, 0.4) is 0 Å². The Morgan fingerprint density at radius 2 is 1.80 bits per heavy atom. The van der Waals surface area contributed by atoms with Crippen LogP contribution in [-0.2, 0) is 0 Å². The van der Waals surface area contributed by atoms with Crippen molar-refractivity contribution >= 4 is 29.9 Å². The molecule has 1 unspecified atom stereocenters. The van der Waals surface area contributed by atoms with Crippen molar-refractivity contribution in [2.24, 2.45) is 4.99 Å². The highest BCUT2D eigenvalue weighted by molar-refractivity contribution is 14.0. The van der Waals surface area contributed by atoms with Crippen LogP contribution < -0.4 is 14.8 Å². The van der Waals surface area contributed by atoms with Crippen molar-refractivity contribution in [3.05, 3.63) is 23.8 Å². The van der Waals surface area contributed by atoms with Gasteiger partial charge in [-0.15, -0.1) is 24.0 Å². The number of unbranched alkanes of at least 4 members (excludes halogenated alkanes) is 1. The Hall–Kier alpha value is -1.22. The Bertz CT molecular complexity index is 504. The number of aliphatic hydroxyl groups is 1. The normalized spacial score (nSPS) is 12.2. The molecule has 1 atom stereocenters. The van der Waals surface area contributed by atoms with E-state index >= 15 is 0 Å². The van der Waals surface area contributed by atoms with Crippen molar-refractivity contribution in [3.63, 3.8) is 0 Å². The molecule has 144 valence electrons. The van der Waals surface area contributed by atoms with Gasteiger partial charge in [-0.05, 0) is 31.0 Å². The van der Waals surface area contributed by atoms with Gasteiger partial charge in [0.2, 0.25) is 0 Å². The summed E-state index contributed by atoms with van der Waals surface area (Å²) in [7, 11) is 5.20. The summed E-state index contributed by atoms with van der Waals surface area (Å²) < 4.78 is 10.5. The van der Waals surface area contributed by atoms with Gasteiger partial charge in [0.1, 0.15) is 11.5 Å². The zero-order valence-electron chi connectivity index (χ0n) is 15.9. The van der Waals surface area contributed by atoms with E-state index in [1.54, 1.807) is 32.4 Å². The topological polar surface area (TPSA) is 66.3 Å². The minimum atomic E-state index is -0.720. The van der Waals surface area contributed by atoms with Crippen LogP contribution in [0.15, 0.2) is 23.2 Å². The van der Waals surface area contributed by atoms with E-state index in [1.807, 2.05) is 14.0 Å². The van der Waals surface area contributed by atoms with Crippen LogP contribution in [0, 0.1) is 0 Å². The fourth-order valence-electron chi connectivity index (χ4n) is 2.27. The van der Waals surface area contributed by atoms with Crippen LogP contribution in [-0.4, -0.2) is 56.9 Å². The summed E-state index contributed by atoms with van der Waals surface area (Å²) >= 11 is 0. The number of hydrogen-bond acceptors (Lipinski definition) is 4. The minimum absolute atomic E-state index is 0. The lowest BCUT2D eigenvalue weighted by atomic mass is 10.1. The number of nitrogens with one attached hydrogen (secondary N) is 1. The molecule has 1 aromatic carbocycles. The number of benzene rings is 1. The lowest BCUT2D eigenvalue weighted by Crippen LogP contribution is -2.39. The van der Waals surface area contributed by atoms with Crippen molar-refractivity contribution < 1.29 is 14.6 Å². The van der Waals surface area contributed by atoms with Gasteiger partial charge in [-0.1, -0.05) is 13.3 Å². The molecule has 0 radical (unpaired) electrons. The molecule has 0 bridgehead atoms. The van der Waals surface area contributed by atoms with Gasteiger partial charge in [0.25, 0.3) is 0 Å². The first-order valence-electron chi connectivity index (χ1n) is 8.46. The molecule has 0 saturated heterocycles. The van der Waals surface area contributed by atoms with E-state index in [1.165, 1.54) is 0 Å². The van der Waals surface area contributed by atoms with E-state index in [-0.39, 0.29) is 30.5 Å². The van der Waals surface area contributed by atoms with Crippen molar-refractivity contribution in [2.45, 2.75) is 32.8 Å². The molecule has 1 rings (SSSR count). The summed E-state index contributed by atoms with van der Waals surface area (Å²) in [5.41, 5.74) is 0.724. The maximum Gasteiger partial charge on any atom is 0.193 e. The zero-order valence-corrected chi connectivity index (χ0v) is 18.2. The van der Waals surface area contributed by atoms with E-state index in [9.17, 15) is 5.11 Å². The fourth-order valence-corrected chi connectivity index (χ4v) is 2.27. The molecule has 0 amide bonds. The molecule has 0 aliphatic heterocycles. The third kappa shape index (κ3) is 8.13. The summed E-state index contributed by atoms with van der Waals surface area (Å²) in [6.45, 7) is 6.20. The average Bonchev–Trinajstić information content (AvgIpc) is 2.62. The second-order valence-electron chi connectivity index (χ2n) is 5.63. The van der Waals surface area contributed by atoms with Gasteiger partial charge in [-0.3, -0.25) is 4.99 Å². The highest BCUT2D eigenvalue weighted by Crippen LogP contribution is 2.26. The fraction of sp³-hybridized carbons (Fsp3) is 0.611. The smallest absolute Gasteiger partial charge is 0.193 e. The van der Waals surface area contributed by atoms with Crippen LogP contribution in [0.1, 0.15) is 38.4 Å². The standard InChI is InChI=1S/C18H31N3O3.HI/c1-6-8-9-21(3)18(19-7-2)20-13-17(22)14-10-15(23-4)12-16(11-14)24-5;/h10-12,17,22H,6-9,13H2,1-5H3,(H,19,20);1H. The summed E-state index contributed by atoms with van der Waals surface area (Å²) in [4.78, 5) is 6.64. The number of rotatable bonds is 9. The molecule has 6 nitrogen and oxygen atoms in total. The molecule has 0 aliphatic rings. The zero-order chi connectivity index (χ0) is 17.9. The average molecular weight is 465 g/mol. The minimum Gasteiger partial charge on any atom is -0.497 e. The summed E-state index contributed by atoms with van der Waals surface area (Å²) in [5, 5.41) is 13.7. The van der Waals surface area contributed by atoms with Crippen LogP contribution in [0.5, 0.6) is 11.5 Å². The van der Waals surface area contributed by atoms with Crippen molar-refractivity contribution in [1.82, 2.24) is 10.2 Å². The van der Waals surface area contributed by atoms with E-state index in [4.69, 9.17) is 9.47 Å². The maximum atomic E-state index is 10.5. The third-order valence-electron chi connectivity index (χ3n) is 3.72. The van der Waals surface area contributed by atoms with Gasteiger partial charge in [0.05, 0.1) is 26.9 Å². The van der Waals surface area contributed by atoms with Crippen molar-refractivity contribution in [1.29, 1.82) is 0 Å². The predicted molar refractivity (Wildman–Crippen MR) is 113 cm³/mol. The molecule has 0 fully saturated rings. The number of halogens is 1. The molecule has 0 saturated carbocycles. The number of aliphatic imine (C=N–C) groups is 1. The second-order valence-corrected chi connectivity index (χ2v) is 5.63. The van der Waals surface area contributed by atoms with Gasteiger partial charge >= 0.3 is 0 Å². The quantitative estimate of drug-likeness (QED) is 0.334. The maximum absolute atomic E-state index is 10.5. The molecule has 0 spiro atoms. The van der Waals surface area contributed by atoms with E-state index in [0.29, 0.717) is 11.5 Å². The Morgan fingerprint density at radius 1 is 1.20 bits per heavy atom.